The number of piperidine rings is 1. The van der Waals surface area contributed by atoms with E-state index in [9.17, 15) is 0 Å². The van der Waals surface area contributed by atoms with Gasteiger partial charge >= 0.3 is 0 Å². The summed E-state index contributed by atoms with van der Waals surface area (Å²) in [5.41, 5.74) is 1.83. The zero-order valence-electron chi connectivity index (χ0n) is 10.6. The van der Waals surface area contributed by atoms with E-state index in [1.165, 1.54) is 18.7 Å². The Bertz CT molecular complexity index is 417. The molecule has 3 heteroatoms. The lowest BCUT2D eigenvalue weighted by molar-refractivity contribution is -0.00150. The second-order valence-electron chi connectivity index (χ2n) is 5.66. The third-order valence-corrected chi connectivity index (χ3v) is 5.01. The lowest BCUT2D eigenvalue weighted by atomic mass is 9.97. The number of hydrogen-bond acceptors (Lipinski definition) is 3. The van der Waals surface area contributed by atoms with Gasteiger partial charge in [0.15, 0.2) is 0 Å². The van der Waals surface area contributed by atoms with Crippen molar-refractivity contribution in [1.29, 1.82) is 0 Å². The minimum absolute atomic E-state index is 0.316. The fraction of sp³-hybridized carbons (Fsp3) is 0.600. The van der Waals surface area contributed by atoms with Crippen molar-refractivity contribution in [3.8, 4) is 0 Å². The Morgan fingerprint density at radius 3 is 2.39 bits per heavy atom. The quantitative estimate of drug-likeness (QED) is 0.842. The molecular weight excluding hydrogens is 224 g/mol. The lowest BCUT2D eigenvalue weighted by Crippen LogP contribution is -2.48. The standard InChI is InChI=1S/C15H20N2O/c1-2-4-12(5-3-1)15(13-10-16-11-14(13)15)17-6-8-18-9-7-17/h1-5,13-14,16H,6-11H2/t13-,14+,15?. The molecule has 3 nitrogen and oxygen atoms in total. The number of nitrogens with one attached hydrogen (secondary N) is 1. The summed E-state index contributed by atoms with van der Waals surface area (Å²) < 4.78 is 5.52. The average molecular weight is 244 g/mol. The molecule has 2 aliphatic heterocycles. The summed E-state index contributed by atoms with van der Waals surface area (Å²) in [6, 6.07) is 11.1. The van der Waals surface area contributed by atoms with Gasteiger partial charge in [0.2, 0.25) is 0 Å². The van der Waals surface area contributed by atoms with E-state index in [2.05, 4.69) is 40.5 Å². The molecule has 3 aliphatic rings. The van der Waals surface area contributed by atoms with Crippen molar-refractivity contribution in [1.82, 2.24) is 10.2 Å². The molecule has 1 aromatic rings. The summed E-state index contributed by atoms with van der Waals surface area (Å²) >= 11 is 0. The minimum Gasteiger partial charge on any atom is -0.379 e. The Hall–Kier alpha value is -0.900. The Kier molecular flexibility index (Phi) is 2.47. The Labute approximate surface area is 108 Å². The van der Waals surface area contributed by atoms with Crippen molar-refractivity contribution < 1.29 is 4.74 Å². The first-order chi connectivity index (χ1) is 8.94. The van der Waals surface area contributed by atoms with Crippen LogP contribution in [0.1, 0.15) is 5.56 Å². The maximum absolute atomic E-state index is 5.52. The largest absolute Gasteiger partial charge is 0.379 e. The zero-order chi connectivity index (χ0) is 12.0. The van der Waals surface area contributed by atoms with E-state index in [1.807, 2.05) is 0 Å². The highest BCUT2D eigenvalue weighted by atomic mass is 16.5. The van der Waals surface area contributed by atoms with E-state index in [0.29, 0.717) is 5.54 Å². The number of morpholine rings is 1. The van der Waals surface area contributed by atoms with Crippen molar-refractivity contribution >= 4 is 0 Å². The fourth-order valence-corrected chi connectivity index (χ4v) is 4.23. The van der Waals surface area contributed by atoms with Crippen LogP contribution >= 0.6 is 0 Å². The number of ether oxygens (including phenoxy) is 1. The zero-order valence-corrected chi connectivity index (χ0v) is 10.6. The van der Waals surface area contributed by atoms with E-state index < -0.39 is 0 Å². The molecule has 1 aromatic carbocycles. The van der Waals surface area contributed by atoms with Crippen LogP contribution in [0.4, 0.5) is 0 Å². The van der Waals surface area contributed by atoms with Crippen LogP contribution in [-0.4, -0.2) is 44.3 Å². The van der Waals surface area contributed by atoms with Crippen molar-refractivity contribution in [2.24, 2.45) is 11.8 Å². The molecule has 3 fully saturated rings. The van der Waals surface area contributed by atoms with Gasteiger partial charge < -0.3 is 10.1 Å². The van der Waals surface area contributed by atoms with E-state index in [-0.39, 0.29) is 0 Å². The predicted octanol–water partition coefficient (Wildman–Crippen LogP) is 1.06. The summed E-state index contributed by atoms with van der Waals surface area (Å²) in [5, 5.41) is 3.53. The highest BCUT2D eigenvalue weighted by Gasteiger charge is 2.69. The molecule has 18 heavy (non-hydrogen) atoms. The van der Waals surface area contributed by atoms with Gasteiger partial charge in [0.05, 0.1) is 18.8 Å². The van der Waals surface area contributed by atoms with Gasteiger partial charge in [-0.3, -0.25) is 4.90 Å². The van der Waals surface area contributed by atoms with Crippen LogP contribution in [0.2, 0.25) is 0 Å². The highest BCUT2D eigenvalue weighted by Crippen LogP contribution is 2.63. The smallest absolute Gasteiger partial charge is 0.0594 e. The molecule has 1 N–H and O–H groups in total. The lowest BCUT2D eigenvalue weighted by Gasteiger charge is -2.38. The van der Waals surface area contributed by atoms with Crippen LogP contribution in [0, 0.1) is 11.8 Å². The molecule has 96 valence electrons. The number of rotatable bonds is 2. The monoisotopic (exact) mass is 244 g/mol. The molecular formula is C15H20N2O. The van der Waals surface area contributed by atoms with Gasteiger partial charge in [0, 0.05) is 38.0 Å². The summed E-state index contributed by atoms with van der Waals surface area (Å²) in [7, 11) is 0. The van der Waals surface area contributed by atoms with Gasteiger partial charge in [-0.15, -0.1) is 0 Å². The average Bonchev–Trinajstić information content (AvgIpc) is 2.82. The first-order valence-electron chi connectivity index (χ1n) is 7.03. The maximum Gasteiger partial charge on any atom is 0.0594 e. The van der Waals surface area contributed by atoms with Crippen LogP contribution in [0.5, 0.6) is 0 Å². The maximum atomic E-state index is 5.52. The molecule has 3 atom stereocenters. The van der Waals surface area contributed by atoms with Crippen molar-refractivity contribution in [3.63, 3.8) is 0 Å². The molecule has 0 aromatic heterocycles. The molecule has 2 saturated heterocycles. The van der Waals surface area contributed by atoms with Gasteiger partial charge in [-0.1, -0.05) is 30.3 Å². The van der Waals surface area contributed by atoms with E-state index in [0.717, 1.165) is 38.1 Å². The summed E-state index contributed by atoms with van der Waals surface area (Å²) in [4.78, 5) is 2.68. The van der Waals surface area contributed by atoms with E-state index >= 15 is 0 Å². The van der Waals surface area contributed by atoms with Crippen LogP contribution in [-0.2, 0) is 10.3 Å². The first-order valence-corrected chi connectivity index (χ1v) is 7.03. The molecule has 0 bridgehead atoms. The van der Waals surface area contributed by atoms with Crippen LogP contribution in [0.25, 0.3) is 0 Å². The molecule has 1 aliphatic carbocycles. The fourth-order valence-electron chi connectivity index (χ4n) is 4.23. The normalized spacial score (nSPS) is 39.6. The van der Waals surface area contributed by atoms with Gasteiger partial charge in [0.25, 0.3) is 0 Å². The molecule has 0 radical (unpaired) electrons. The number of benzene rings is 1. The first kappa shape index (κ1) is 11.0. The summed E-state index contributed by atoms with van der Waals surface area (Å²) in [6.07, 6.45) is 0. The van der Waals surface area contributed by atoms with Crippen LogP contribution in [0.15, 0.2) is 30.3 Å². The number of nitrogens with zero attached hydrogens (tertiary/aromatic N) is 1. The topological polar surface area (TPSA) is 24.5 Å². The van der Waals surface area contributed by atoms with Crippen LogP contribution in [0.3, 0.4) is 0 Å². The molecule has 2 heterocycles. The van der Waals surface area contributed by atoms with Crippen molar-refractivity contribution in [2.75, 3.05) is 39.4 Å². The molecule has 0 spiro atoms. The van der Waals surface area contributed by atoms with E-state index in [1.54, 1.807) is 0 Å². The number of hydrogen-bond donors (Lipinski definition) is 1. The van der Waals surface area contributed by atoms with E-state index in [4.69, 9.17) is 4.74 Å². The van der Waals surface area contributed by atoms with Gasteiger partial charge in [-0.2, -0.15) is 0 Å². The Morgan fingerprint density at radius 2 is 1.72 bits per heavy atom. The highest BCUT2D eigenvalue weighted by molar-refractivity contribution is 5.38. The van der Waals surface area contributed by atoms with Crippen molar-refractivity contribution in [2.45, 2.75) is 5.54 Å². The second kappa shape index (κ2) is 4.05. The predicted molar refractivity (Wildman–Crippen MR) is 70.4 cm³/mol. The third-order valence-electron chi connectivity index (χ3n) is 5.01. The summed E-state index contributed by atoms with van der Waals surface area (Å²) in [5.74, 6) is 1.61. The SMILES string of the molecule is c1ccc(C2(N3CCOCC3)[C@@H]3CNC[C@@H]32)cc1. The third kappa shape index (κ3) is 1.35. The van der Waals surface area contributed by atoms with Gasteiger partial charge in [0.1, 0.15) is 0 Å². The minimum atomic E-state index is 0.316. The second-order valence-corrected chi connectivity index (χ2v) is 5.66. The number of fused-ring (bicyclic) bond motifs is 1. The summed E-state index contributed by atoms with van der Waals surface area (Å²) in [6.45, 7) is 6.31. The van der Waals surface area contributed by atoms with Crippen molar-refractivity contribution in [3.05, 3.63) is 35.9 Å². The Morgan fingerprint density at radius 1 is 1.06 bits per heavy atom. The molecule has 4 rings (SSSR count). The molecule has 1 saturated carbocycles. The van der Waals surface area contributed by atoms with Gasteiger partial charge in [-0.25, -0.2) is 0 Å². The van der Waals surface area contributed by atoms with Gasteiger partial charge in [-0.05, 0) is 5.56 Å². The molecule has 1 unspecified atom stereocenters. The van der Waals surface area contributed by atoms with Crippen LogP contribution < -0.4 is 5.32 Å². The Balaban J connectivity index is 1.71. The molecule has 0 amide bonds.